The Kier molecular flexibility index (Phi) is 8.70. The molecule has 7 nitrogen and oxygen atoms in total. The molecule has 0 aromatic carbocycles. The standard InChI is InChI=1S/C17H36O7Si2/c1-18-25(19-2,20-3)17(26(21-4,22-5)23-6)10-8-7-9-14-11-12-15-16(13-14)24-15/h14-17H,7-13H2,1-6H3. The van der Waals surface area contributed by atoms with Crippen LogP contribution in [0, 0.1) is 5.92 Å². The van der Waals surface area contributed by atoms with E-state index in [1.165, 1.54) is 25.7 Å². The number of rotatable bonds is 13. The highest BCUT2D eigenvalue weighted by Gasteiger charge is 2.63. The van der Waals surface area contributed by atoms with Crippen LogP contribution in [0.4, 0.5) is 0 Å². The van der Waals surface area contributed by atoms with Crippen LogP contribution in [0.2, 0.25) is 5.16 Å². The summed E-state index contributed by atoms with van der Waals surface area (Å²) in [6, 6.07) is 0. The molecule has 0 bridgehead atoms. The average molecular weight is 409 g/mol. The van der Waals surface area contributed by atoms with Gasteiger partial charge in [0.2, 0.25) is 0 Å². The first kappa shape index (κ1) is 22.4. The molecule has 26 heavy (non-hydrogen) atoms. The Bertz CT molecular complexity index is 381. The van der Waals surface area contributed by atoms with Crippen molar-refractivity contribution >= 4 is 17.6 Å². The quantitative estimate of drug-likeness (QED) is 0.264. The SMILES string of the molecule is CO[Si](OC)(OC)C(CCCCC1CCC2OC2C1)[Si](OC)(OC)OC. The summed E-state index contributed by atoms with van der Waals surface area (Å²) in [5, 5.41) is -0.155. The van der Waals surface area contributed by atoms with Crippen LogP contribution in [0.3, 0.4) is 0 Å². The van der Waals surface area contributed by atoms with Gasteiger partial charge in [-0.2, -0.15) is 0 Å². The topological polar surface area (TPSA) is 67.9 Å². The molecular weight excluding hydrogens is 372 g/mol. The minimum absolute atomic E-state index is 0.155. The van der Waals surface area contributed by atoms with E-state index in [0.717, 1.165) is 25.2 Å². The molecule has 1 saturated carbocycles. The maximum absolute atomic E-state index is 5.75. The van der Waals surface area contributed by atoms with E-state index >= 15 is 0 Å². The van der Waals surface area contributed by atoms with E-state index in [1.807, 2.05) is 0 Å². The van der Waals surface area contributed by atoms with E-state index in [-0.39, 0.29) is 5.16 Å². The molecule has 1 aliphatic heterocycles. The van der Waals surface area contributed by atoms with Gasteiger partial charge in [0.1, 0.15) is 0 Å². The van der Waals surface area contributed by atoms with Crippen molar-refractivity contribution in [3.8, 4) is 0 Å². The normalized spacial score (nSPS) is 26.2. The highest BCUT2D eigenvalue weighted by atomic mass is 28.5. The molecule has 9 heteroatoms. The molecule has 3 atom stereocenters. The molecule has 2 aliphatic rings. The molecule has 1 heterocycles. The molecule has 2 rings (SSSR count). The van der Waals surface area contributed by atoms with Gasteiger partial charge in [-0.3, -0.25) is 0 Å². The fourth-order valence-electron chi connectivity index (χ4n) is 4.45. The second kappa shape index (κ2) is 10.1. The second-order valence-corrected chi connectivity index (χ2v) is 14.0. The third kappa shape index (κ3) is 4.76. The number of ether oxygens (including phenoxy) is 1. The van der Waals surface area contributed by atoms with Crippen molar-refractivity contribution < 1.29 is 31.3 Å². The fraction of sp³-hybridized carbons (Fsp3) is 1.00. The summed E-state index contributed by atoms with van der Waals surface area (Å²) < 4.78 is 40.1. The first-order valence-electron chi connectivity index (χ1n) is 9.51. The molecule has 0 aromatic heterocycles. The Morgan fingerprint density at radius 2 is 1.31 bits per heavy atom. The Morgan fingerprint density at radius 3 is 1.77 bits per heavy atom. The van der Waals surface area contributed by atoms with Crippen molar-refractivity contribution in [1.29, 1.82) is 0 Å². The van der Waals surface area contributed by atoms with Crippen molar-refractivity contribution in [2.24, 2.45) is 5.92 Å². The molecule has 0 radical (unpaired) electrons. The van der Waals surface area contributed by atoms with Gasteiger partial charge in [0, 0.05) is 42.7 Å². The van der Waals surface area contributed by atoms with Gasteiger partial charge in [-0.1, -0.05) is 19.3 Å². The van der Waals surface area contributed by atoms with Gasteiger partial charge in [-0.05, 0) is 31.6 Å². The molecule has 154 valence electrons. The third-order valence-electron chi connectivity index (χ3n) is 6.03. The predicted molar refractivity (Wildman–Crippen MR) is 102 cm³/mol. The first-order valence-corrected chi connectivity index (χ1v) is 13.1. The Balaban J connectivity index is 1.96. The fourth-order valence-corrected chi connectivity index (χ4v) is 12.1. The van der Waals surface area contributed by atoms with Crippen molar-refractivity contribution in [1.82, 2.24) is 0 Å². The van der Waals surface area contributed by atoms with Crippen LogP contribution in [-0.2, 0) is 31.3 Å². The lowest BCUT2D eigenvalue weighted by Crippen LogP contribution is -2.62. The minimum atomic E-state index is -2.97. The number of hydrogen-bond acceptors (Lipinski definition) is 7. The molecule has 2 fully saturated rings. The molecule has 0 N–H and O–H groups in total. The first-order chi connectivity index (χ1) is 12.5. The van der Waals surface area contributed by atoms with Gasteiger partial charge >= 0.3 is 17.6 Å². The highest BCUT2D eigenvalue weighted by molar-refractivity contribution is 6.82. The molecule has 1 saturated heterocycles. The Hall–Kier alpha value is 0.154. The number of epoxide rings is 1. The van der Waals surface area contributed by atoms with Gasteiger partial charge in [0.25, 0.3) is 0 Å². The average Bonchev–Trinajstić information content (AvgIpc) is 3.46. The summed E-state index contributed by atoms with van der Waals surface area (Å²) in [6.45, 7) is 0. The van der Waals surface area contributed by atoms with E-state index in [4.69, 9.17) is 31.3 Å². The van der Waals surface area contributed by atoms with E-state index in [9.17, 15) is 0 Å². The van der Waals surface area contributed by atoms with Crippen LogP contribution in [0.5, 0.6) is 0 Å². The monoisotopic (exact) mass is 408 g/mol. The highest BCUT2D eigenvalue weighted by Crippen LogP contribution is 2.42. The molecule has 0 amide bonds. The van der Waals surface area contributed by atoms with E-state index in [1.54, 1.807) is 42.7 Å². The van der Waals surface area contributed by atoms with Crippen LogP contribution >= 0.6 is 0 Å². The molecule has 0 spiro atoms. The van der Waals surface area contributed by atoms with Crippen molar-refractivity contribution in [2.45, 2.75) is 62.3 Å². The minimum Gasteiger partial charge on any atom is -0.377 e. The predicted octanol–water partition coefficient (Wildman–Crippen LogP) is 2.78. The molecular formula is C17H36O7Si2. The summed E-state index contributed by atoms with van der Waals surface area (Å²) in [5.74, 6) is 0.792. The van der Waals surface area contributed by atoms with Crippen LogP contribution in [0.1, 0.15) is 44.9 Å². The lowest BCUT2D eigenvalue weighted by atomic mass is 9.86. The Morgan fingerprint density at radius 1 is 0.769 bits per heavy atom. The number of unbranched alkanes of at least 4 members (excludes halogenated alkanes) is 1. The van der Waals surface area contributed by atoms with Gasteiger partial charge in [0.05, 0.1) is 17.4 Å². The van der Waals surface area contributed by atoms with Gasteiger partial charge in [0.15, 0.2) is 0 Å². The second-order valence-electron chi connectivity index (χ2n) is 7.16. The summed E-state index contributed by atoms with van der Waals surface area (Å²) in [7, 11) is 3.81. The zero-order valence-electron chi connectivity index (χ0n) is 17.1. The number of hydrogen-bond donors (Lipinski definition) is 0. The van der Waals surface area contributed by atoms with Crippen LogP contribution in [0.15, 0.2) is 0 Å². The van der Waals surface area contributed by atoms with Crippen molar-refractivity contribution in [3.05, 3.63) is 0 Å². The zero-order valence-corrected chi connectivity index (χ0v) is 19.1. The van der Waals surface area contributed by atoms with Crippen LogP contribution in [-0.4, -0.2) is 72.5 Å². The molecule has 0 aromatic rings. The van der Waals surface area contributed by atoms with Gasteiger partial charge in [-0.25, -0.2) is 0 Å². The summed E-state index contributed by atoms with van der Waals surface area (Å²) >= 11 is 0. The Labute approximate surface area is 160 Å². The summed E-state index contributed by atoms with van der Waals surface area (Å²) in [4.78, 5) is 0. The summed E-state index contributed by atoms with van der Waals surface area (Å²) in [5.41, 5.74) is 0. The lowest BCUT2D eigenvalue weighted by molar-refractivity contribution is 0.0777. The maximum atomic E-state index is 5.75. The molecule has 3 unspecified atom stereocenters. The lowest BCUT2D eigenvalue weighted by Gasteiger charge is -2.39. The maximum Gasteiger partial charge on any atom is 0.507 e. The smallest absolute Gasteiger partial charge is 0.377 e. The number of fused-ring (bicyclic) bond motifs is 1. The third-order valence-corrected chi connectivity index (χ3v) is 13.8. The van der Waals surface area contributed by atoms with Gasteiger partial charge < -0.3 is 31.3 Å². The van der Waals surface area contributed by atoms with E-state index < -0.39 is 17.6 Å². The van der Waals surface area contributed by atoms with Crippen LogP contribution < -0.4 is 0 Å². The van der Waals surface area contributed by atoms with Gasteiger partial charge in [-0.15, -0.1) is 0 Å². The van der Waals surface area contributed by atoms with Crippen molar-refractivity contribution in [2.75, 3.05) is 42.7 Å². The zero-order chi connectivity index (χ0) is 19.2. The largest absolute Gasteiger partial charge is 0.507 e. The van der Waals surface area contributed by atoms with Crippen molar-refractivity contribution in [3.63, 3.8) is 0 Å². The van der Waals surface area contributed by atoms with E-state index in [2.05, 4.69) is 0 Å². The van der Waals surface area contributed by atoms with E-state index in [0.29, 0.717) is 12.2 Å². The molecule has 1 aliphatic carbocycles. The van der Waals surface area contributed by atoms with Crippen LogP contribution in [0.25, 0.3) is 0 Å². The summed E-state index contributed by atoms with van der Waals surface area (Å²) in [6.07, 6.45) is 9.14.